The first kappa shape index (κ1) is 15.6. The Bertz CT molecular complexity index is 816. The summed E-state index contributed by atoms with van der Waals surface area (Å²) >= 11 is 1.65. The van der Waals surface area contributed by atoms with Gasteiger partial charge in [0.25, 0.3) is 0 Å². The molecule has 1 aliphatic rings. The molecular weight excluding hydrogens is 294 g/mol. The molecule has 0 N–H and O–H groups in total. The maximum absolute atomic E-state index is 9.41. The van der Waals surface area contributed by atoms with Gasteiger partial charge in [-0.15, -0.1) is 11.3 Å². The molecule has 5 heteroatoms. The van der Waals surface area contributed by atoms with Crippen molar-refractivity contribution in [2.75, 3.05) is 0 Å². The first-order valence-corrected chi connectivity index (χ1v) is 7.38. The Hall–Kier alpha value is -2.81. The van der Waals surface area contributed by atoms with Gasteiger partial charge in [0.2, 0.25) is 0 Å². The van der Waals surface area contributed by atoms with Crippen LogP contribution in [-0.2, 0) is 4.74 Å². The van der Waals surface area contributed by atoms with Gasteiger partial charge in [-0.1, -0.05) is 6.08 Å². The molecule has 1 aromatic heterocycles. The van der Waals surface area contributed by atoms with E-state index in [0.717, 1.165) is 4.88 Å². The Morgan fingerprint density at radius 2 is 1.86 bits per heavy atom. The van der Waals surface area contributed by atoms with Crippen molar-refractivity contribution in [2.45, 2.75) is 26.4 Å². The molecule has 1 aromatic rings. The molecule has 0 amide bonds. The Morgan fingerprint density at radius 1 is 1.18 bits per heavy atom. The van der Waals surface area contributed by atoms with E-state index in [9.17, 15) is 5.26 Å². The lowest BCUT2D eigenvalue weighted by atomic mass is 9.94. The number of nitriles is 3. The molecule has 4 nitrogen and oxygen atoms in total. The van der Waals surface area contributed by atoms with E-state index in [0.29, 0.717) is 5.57 Å². The number of hydrogen-bond donors (Lipinski definition) is 0. The van der Waals surface area contributed by atoms with Crippen LogP contribution in [0.25, 0.3) is 6.08 Å². The minimum atomic E-state index is -0.762. The van der Waals surface area contributed by atoms with E-state index in [1.165, 1.54) is 4.88 Å². The maximum Gasteiger partial charge on any atom is 0.172 e. The standard InChI is InChI=1S/C17H13N3OS/c1-11-4-5-13(22-11)6-7-15-14(10-20)16(12(8-18)9-19)21-17(15,2)3/h4-7H,1-3H3. The molecular formula is C17H13N3OS. The third-order valence-corrected chi connectivity index (χ3v) is 4.21. The number of aryl methyl sites for hydroxylation is 1. The van der Waals surface area contributed by atoms with Gasteiger partial charge in [0, 0.05) is 15.3 Å². The van der Waals surface area contributed by atoms with Crippen LogP contribution in [-0.4, -0.2) is 5.60 Å². The van der Waals surface area contributed by atoms with Gasteiger partial charge in [-0.05, 0) is 39.0 Å². The highest BCUT2D eigenvalue weighted by Gasteiger charge is 2.38. The normalized spacial score (nSPS) is 16.1. The Morgan fingerprint density at radius 3 is 2.36 bits per heavy atom. The van der Waals surface area contributed by atoms with E-state index in [4.69, 9.17) is 15.3 Å². The largest absolute Gasteiger partial charge is 0.480 e. The van der Waals surface area contributed by atoms with Crippen molar-refractivity contribution in [3.05, 3.63) is 50.4 Å². The van der Waals surface area contributed by atoms with E-state index in [1.54, 1.807) is 23.5 Å². The maximum atomic E-state index is 9.41. The number of thiophene rings is 1. The molecule has 0 unspecified atom stereocenters. The fraction of sp³-hybridized carbons (Fsp3) is 0.235. The summed E-state index contributed by atoms with van der Waals surface area (Å²) in [5.74, 6) is 0.0690. The van der Waals surface area contributed by atoms with E-state index < -0.39 is 5.60 Å². The fourth-order valence-corrected chi connectivity index (χ4v) is 2.97. The van der Waals surface area contributed by atoms with E-state index in [-0.39, 0.29) is 16.9 Å². The topological polar surface area (TPSA) is 80.6 Å². The molecule has 2 heterocycles. The molecule has 1 aliphatic heterocycles. The van der Waals surface area contributed by atoms with Crippen LogP contribution in [0.5, 0.6) is 0 Å². The quantitative estimate of drug-likeness (QED) is 0.773. The van der Waals surface area contributed by atoms with Gasteiger partial charge in [-0.2, -0.15) is 15.8 Å². The minimum absolute atomic E-state index is 0.0690. The summed E-state index contributed by atoms with van der Waals surface area (Å²) in [7, 11) is 0. The van der Waals surface area contributed by atoms with Crippen LogP contribution in [0.2, 0.25) is 0 Å². The lowest BCUT2D eigenvalue weighted by Crippen LogP contribution is -2.20. The zero-order valence-electron chi connectivity index (χ0n) is 12.5. The summed E-state index contributed by atoms with van der Waals surface area (Å²) in [6.07, 6.45) is 3.74. The number of hydrogen-bond acceptors (Lipinski definition) is 5. The van der Waals surface area contributed by atoms with Crippen molar-refractivity contribution in [2.24, 2.45) is 0 Å². The van der Waals surface area contributed by atoms with Crippen LogP contribution in [0.15, 0.2) is 40.7 Å². The molecule has 0 aliphatic carbocycles. The Balaban J connectivity index is 2.55. The van der Waals surface area contributed by atoms with Crippen molar-refractivity contribution >= 4 is 17.4 Å². The summed E-state index contributed by atoms with van der Waals surface area (Å²) in [5.41, 5.74) is -0.0334. The second kappa shape index (κ2) is 5.90. The summed E-state index contributed by atoms with van der Waals surface area (Å²) in [6.45, 7) is 5.64. The molecule has 22 heavy (non-hydrogen) atoms. The molecule has 0 saturated carbocycles. The smallest absolute Gasteiger partial charge is 0.172 e. The molecule has 0 bridgehead atoms. The van der Waals surface area contributed by atoms with Crippen LogP contribution in [0.1, 0.15) is 23.6 Å². The third kappa shape index (κ3) is 2.79. The number of nitrogens with zero attached hydrogens (tertiary/aromatic N) is 3. The van der Waals surface area contributed by atoms with Gasteiger partial charge in [0.05, 0.1) is 0 Å². The van der Waals surface area contributed by atoms with E-state index >= 15 is 0 Å². The summed E-state index contributed by atoms with van der Waals surface area (Å²) < 4.78 is 5.69. The molecule has 108 valence electrons. The van der Waals surface area contributed by atoms with Crippen molar-refractivity contribution in [1.29, 1.82) is 15.8 Å². The minimum Gasteiger partial charge on any atom is -0.480 e. The van der Waals surface area contributed by atoms with Crippen LogP contribution in [0.4, 0.5) is 0 Å². The predicted octanol–water partition coefficient (Wildman–Crippen LogP) is 4.00. The van der Waals surface area contributed by atoms with Crippen molar-refractivity contribution in [1.82, 2.24) is 0 Å². The van der Waals surface area contributed by atoms with Gasteiger partial charge < -0.3 is 4.74 Å². The van der Waals surface area contributed by atoms with Crippen LogP contribution in [0, 0.1) is 40.9 Å². The highest BCUT2D eigenvalue weighted by Crippen LogP contribution is 2.40. The number of rotatable bonds is 2. The van der Waals surface area contributed by atoms with Crippen LogP contribution >= 0.6 is 11.3 Å². The SMILES string of the molecule is Cc1ccc(C=CC2=C(C#N)C(=C(C#N)C#N)OC2(C)C)s1. The van der Waals surface area contributed by atoms with E-state index in [2.05, 4.69) is 6.07 Å². The Kier molecular flexibility index (Phi) is 4.18. The van der Waals surface area contributed by atoms with Gasteiger partial charge in [0.15, 0.2) is 11.3 Å². The van der Waals surface area contributed by atoms with Gasteiger partial charge in [-0.25, -0.2) is 0 Å². The number of allylic oxidation sites excluding steroid dienone is 2. The monoisotopic (exact) mass is 307 g/mol. The van der Waals surface area contributed by atoms with Gasteiger partial charge in [0.1, 0.15) is 29.4 Å². The average molecular weight is 307 g/mol. The Labute approximate surface area is 133 Å². The van der Waals surface area contributed by atoms with Gasteiger partial charge in [-0.3, -0.25) is 0 Å². The van der Waals surface area contributed by atoms with Crippen molar-refractivity contribution in [3.63, 3.8) is 0 Å². The fourth-order valence-electron chi connectivity index (χ4n) is 2.19. The third-order valence-electron chi connectivity index (χ3n) is 3.24. The highest BCUT2D eigenvalue weighted by atomic mass is 32.1. The van der Waals surface area contributed by atoms with Crippen LogP contribution in [0.3, 0.4) is 0 Å². The van der Waals surface area contributed by atoms with Crippen molar-refractivity contribution in [3.8, 4) is 18.2 Å². The van der Waals surface area contributed by atoms with Crippen molar-refractivity contribution < 1.29 is 4.74 Å². The first-order chi connectivity index (χ1) is 10.4. The second-order valence-corrected chi connectivity index (χ2v) is 6.54. The lowest BCUT2D eigenvalue weighted by Gasteiger charge is -2.20. The zero-order chi connectivity index (χ0) is 16.3. The molecule has 0 fully saturated rings. The molecule has 0 saturated heterocycles. The number of ether oxygens (including phenoxy) is 1. The zero-order valence-corrected chi connectivity index (χ0v) is 13.3. The summed E-state index contributed by atoms with van der Waals surface area (Å²) in [5, 5.41) is 27.4. The van der Waals surface area contributed by atoms with E-state index in [1.807, 2.05) is 45.1 Å². The molecule has 2 rings (SSSR count). The predicted molar refractivity (Wildman–Crippen MR) is 84.1 cm³/mol. The summed E-state index contributed by atoms with van der Waals surface area (Å²) in [4.78, 5) is 2.27. The highest BCUT2D eigenvalue weighted by molar-refractivity contribution is 7.12. The van der Waals surface area contributed by atoms with Crippen LogP contribution < -0.4 is 0 Å². The molecule has 0 radical (unpaired) electrons. The second-order valence-electron chi connectivity index (χ2n) is 5.22. The van der Waals surface area contributed by atoms with Gasteiger partial charge >= 0.3 is 0 Å². The molecule has 0 aromatic carbocycles. The lowest BCUT2D eigenvalue weighted by molar-refractivity contribution is 0.0954. The molecule has 0 spiro atoms. The average Bonchev–Trinajstić information content (AvgIpc) is 2.99. The summed E-state index contributed by atoms with van der Waals surface area (Å²) in [6, 6.07) is 9.64. The first-order valence-electron chi connectivity index (χ1n) is 6.56. The molecule has 0 atom stereocenters.